The molecule has 1 unspecified atom stereocenters. The highest BCUT2D eigenvalue weighted by Crippen LogP contribution is 2.40. The van der Waals surface area contributed by atoms with E-state index in [2.05, 4.69) is 22.4 Å². The Kier molecular flexibility index (Phi) is 2.91. The van der Waals surface area contributed by atoms with Crippen LogP contribution < -0.4 is 5.32 Å². The summed E-state index contributed by atoms with van der Waals surface area (Å²) >= 11 is 2.05. The molecule has 2 heterocycles. The minimum absolute atomic E-state index is 0.582. The number of rotatable bonds is 3. The van der Waals surface area contributed by atoms with E-state index in [1.165, 1.54) is 42.9 Å². The van der Waals surface area contributed by atoms with Crippen LogP contribution in [0.15, 0.2) is 22.6 Å². The molecular weight excluding hydrogens is 256 g/mol. The van der Waals surface area contributed by atoms with Crippen LogP contribution in [0.2, 0.25) is 0 Å². The number of anilines is 1. The molecule has 0 radical (unpaired) electrons. The molecule has 1 saturated carbocycles. The number of aromatic nitrogens is 1. The van der Waals surface area contributed by atoms with Crippen LogP contribution >= 0.6 is 11.8 Å². The van der Waals surface area contributed by atoms with Crippen molar-refractivity contribution in [1.82, 2.24) is 4.98 Å². The minimum Gasteiger partial charge on any atom is -0.440 e. The zero-order chi connectivity index (χ0) is 12.7. The van der Waals surface area contributed by atoms with E-state index in [0.29, 0.717) is 12.0 Å². The summed E-state index contributed by atoms with van der Waals surface area (Å²) in [6, 6.07) is 6.89. The van der Waals surface area contributed by atoms with Crippen molar-refractivity contribution in [3.05, 3.63) is 24.1 Å². The first-order valence-corrected chi connectivity index (χ1v) is 8.29. The fraction of sp³-hybridized carbons (Fsp3) is 0.533. The number of hydrogen-bond acceptors (Lipinski definition) is 4. The molecule has 1 atom stereocenters. The average molecular weight is 274 g/mol. The topological polar surface area (TPSA) is 38.1 Å². The van der Waals surface area contributed by atoms with Gasteiger partial charge in [-0.05, 0) is 49.6 Å². The van der Waals surface area contributed by atoms with Gasteiger partial charge in [0.05, 0.1) is 0 Å². The highest BCUT2D eigenvalue weighted by atomic mass is 32.2. The standard InChI is InChI=1S/C15H18N2OS/c1-2-12(9-19-7-1)16-11-5-6-14-13(8-11)17-15(18-14)10-3-4-10/h5-6,8,10,12,16H,1-4,7,9H2. The van der Waals surface area contributed by atoms with Gasteiger partial charge in [-0.3, -0.25) is 0 Å². The Bertz CT molecular complexity index is 585. The second kappa shape index (κ2) is 4.75. The highest BCUT2D eigenvalue weighted by Gasteiger charge is 2.28. The molecule has 1 aromatic carbocycles. The smallest absolute Gasteiger partial charge is 0.198 e. The van der Waals surface area contributed by atoms with E-state index in [1.54, 1.807) is 0 Å². The van der Waals surface area contributed by atoms with Gasteiger partial charge >= 0.3 is 0 Å². The normalized spacial score (nSPS) is 23.7. The first kappa shape index (κ1) is 11.6. The molecule has 19 heavy (non-hydrogen) atoms. The quantitative estimate of drug-likeness (QED) is 0.917. The lowest BCUT2D eigenvalue weighted by Crippen LogP contribution is -2.25. The predicted octanol–water partition coefficient (Wildman–Crippen LogP) is 4.01. The third-order valence-electron chi connectivity index (χ3n) is 3.86. The molecular formula is C15H18N2OS. The van der Waals surface area contributed by atoms with Gasteiger partial charge in [-0.2, -0.15) is 11.8 Å². The molecule has 3 nitrogen and oxygen atoms in total. The summed E-state index contributed by atoms with van der Waals surface area (Å²) in [5.41, 5.74) is 3.09. The summed E-state index contributed by atoms with van der Waals surface area (Å²) < 4.78 is 5.79. The van der Waals surface area contributed by atoms with Crippen molar-refractivity contribution in [3.8, 4) is 0 Å². The van der Waals surface area contributed by atoms with Crippen LogP contribution in [0.1, 0.15) is 37.5 Å². The molecule has 0 amide bonds. The van der Waals surface area contributed by atoms with Gasteiger partial charge in [-0.15, -0.1) is 0 Å². The molecule has 1 N–H and O–H groups in total. The molecule has 0 spiro atoms. The van der Waals surface area contributed by atoms with Crippen LogP contribution in [0.5, 0.6) is 0 Å². The number of oxazole rings is 1. The van der Waals surface area contributed by atoms with Gasteiger partial charge in [0, 0.05) is 23.4 Å². The largest absolute Gasteiger partial charge is 0.440 e. The number of benzene rings is 1. The van der Waals surface area contributed by atoms with Gasteiger partial charge < -0.3 is 9.73 Å². The Balaban J connectivity index is 1.56. The van der Waals surface area contributed by atoms with Crippen LogP contribution in [-0.4, -0.2) is 22.5 Å². The second-order valence-electron chi connectivity index (χ2n) is 5.57. The maximum atomic E-state index is 5.79. The summed E-state index contributed by atoms with van der Waals surface area (Å²) in [5.74, 6) is 4.04. The van der Waals surface area contributed by atoms with Gasteiger partial charge in [-0.25, -0.2) is 4.98 Å². The highest BCUT2D eigenvalue weighted by molar-refractivity contribution is 7.99. The number of fused-ring (bicyclic) bond motifs is 1. The Hall–Kier alpha value is -1.16. The van der Waals surface area contributed by atoms with Crippen molar-refractivity contribution in [1.29, 1.82) is 0 Å². The predicted molar refractivity (Wildman–Crippen MR) is 80.0 cm³/mol. The molecule has 0 bridgehead atoms. The summed E-state index contributed by atoms with van der Waals surface area (Å²) in [6.07, 6.45) is 5.06. The van der Waals surface area contributed by atoms with Crippen molar-refractivity contribution < 1.29 is 4.42 Å². The molecule has 100 valence electrons. The van der Waals surface area contributed by atoms with Crippen molar-refractivity contribution in [2.45, 2.75) is 37.6 Å². The molecule has 2 aliphatic rings. The summed E-state index contributed by atoms with van der Waals surface area (Å²) in [7, 11) is 0. The van der Waals surface area contributed by atoms with E-state index < -0.39 is 0 Å². The Labute approximate surface area is 117 Å². The van der Waals surface area contributed by atoms with E-state index in [-0.39, 0.29) is 0 Å². The molecule has 4 heteroatoms. The van der Waals surface area contributed by atoms with Crippen molar-refractivity contribution in [3.63, 3.8) is 0 Å². The summed E-state index contributed by atoms with van der Waals surface area (Å²) in [5, 5.41) is 3.62. The molecule has 1 saturated heterocycles. The molecule has 1 aliphatic carbocycles. The maximum Gasteiger partial charge on any atom is 0.198 e. The second-order valence-corrected chi connectivity index (χ2v) is 6.72. The molecule has 4 rings (SSSR count). The van der Waals surface area contributed by atoms with Gasteiger partial charge in [0.25, 0.3) is 0 Å². The van der Waals surface area contributed by atoms with E-state index in [1.807, 2.05) is 17.8 Å². The zero-order valence-electron chi connectivity index (χ0n) is 10.9. The molecule has 2 aromatic rings. The first-order valence-electron chi connectivity index (χ1n) is 7.13. The summed E-state index contributed by atoms with van der Waals surface area (Å²) in [4.78, 5) is 4.62. The molecule has 1 aromatic heterocycles. The van der Waals surface area contributed by atoms with Crippen LogP contribution in [0.4, 0.5) is 5.69 Å². The van der Waals surface area contributed by atoms with Crippen molar-refractivity contribution in [2.75, 3.05) is 16.8 Å². The van der Waals surface area contributed by atoms with Gasteiger partial charge in [0.1, 0.15) is 5.52 Å². The third-order valence-corrected chi connectivity index (χ3v) is 5.08. The van der Waals surface area contributed by atoms with Crippen LogP contribution in [0, 0.1) is 0 Å². The van der Waals surface area contributed by atoms with E-state index in [0.717, 1.165) is 17.0 Å². The minimum atomic E-state index is 0.582. The number of thioether (sulfide) groups is 1. The Morgan fingerprint density at radius 2 is 2.21 bits per heavy atom. The lowest BCUT2D eigenvalue weighted by molar-refractivity contribution is 0.533. The first-order chi connectivity index (χ1) is 9.38. The van der Waals surface area contributed by atoms with Gasteiger partial charge in [-0.1, -0.05) is 0 Å². The number of hydrogen-bond donors (Lipinski definition) is 1. The maximum absolute atomic E-state index is 5.79. The van der Waals surface area contributed by atoms with Crippen LogP contribution in [0.25, 0.3) is 11.1 Å². The SMILES string of the molecule is c1cc2oc(C3CC3)nc2cc1NC1CCCSC1. The van der Waals surface area contributed by atoms with Gasteiger partial charge in [0.15, 0.2) is 11.5 Å². The van der Waals surface area contributed by atoms with Crippen molar-refractivity contribution >= 4 is 28.5 Å². The summed E-state index contributed by atoms with van der Waals surface area (Å²) in [6.45, 7) is 0. The van der Waals surface area contributed by atoms with Crippen LogP contribution in [0.3, 0.4) is 0 Å². The molecule has 2 fully saturated rings. The fourth-order valence-electron chi connectivity index (χ4n) is 2.63. The number of nitrogens with zero attached hydrogens (tertiary/aromatic N) is 1. The van der Waals surface area contributed by atoms with E-state index in [9.17, 15) is 0 Å². The van der Waals surface area contributed by atoms with Gasteiger partial charge in [0.2, 0.25) is 0 Å². The monoisotopic (exact) mass is 274 g/mol. The number of nitrogens with one attached hydrogen (secondary N) is 1. The lowest BCUT2D eigenvalue weighted by atomic mass is 10.1. The third kappa shape index (κ3) is 2.46. The van der Waals surface area contributed by atoms with Crippen LogP contribution in [-0.2, 0) is 0 Å². The van der Waals surface area contributed by atoms with E-state index in [4.69, 9.17) is 4.42 Å². The van der Waals surface area contributed by atoms with E-state index >= 15 is 0 Å². The molecule has 1 aliphatic heterocycles. The average Bonchev–Trinajstić information content (AvgIpc) is 3.20. The Morgan fingerprint density at radius 3 is 3.00 bits per heavy atom. The van der Waals surface area contributed by atoms with Crippen molar-refractivity contribution in [2.24, 2.45) is 0 Å². The lowest BCUT2D eigenvalue weighted by Gasteiger charge is -2.23. The Morgan fingerprint density at radius 1 is 1.26 bits per heavy atom. The zero-order valence-corrected chi connectivity index (χ0v) is 11.7. The fourth-order valence-corrected chi connectivity index (χ4v) is 3.70.